The molecule has 0 radical (unpaired) electrons. The van der Waals surface area contributed by atoms with Crippen molar-refractivity contribution in [1.82, 2.24) is 14.5 Å². The predicted octanol–water partition coefficient (Wildman–Crippen LogP) is 10.2. The van der Waals surface area contributed by atoms with Crippen LogP contribution in [0.4, 0.5) is 0 Å². The van der Waals surface area contributed by atoms with Crippen molar-refractivity contribution in [1.29, 1.82) is 5.26 Å². The van der Waals surface area contributed by atoms with E-state index in [9.17, 15) is 5.26 Å². The number of fused-ring (bicyclic) bond motifs is 7. The van der Waals surface area contributed by atoms with Crippen LogP contribution in [0.25, 0.3) is 82.5 Å². The highest BCUT2D eigenvalue weighted by atomic mass is 15.2. The molecule has 4 heteroatoms. The molecule has 7 aromatic carbocycles. The van der Waals surface area contributed by atoms with Crippen molar-refractivity contribution in [2.45, 2.75) is 0 Å². The number of nitriles is 1. The Labute approximate surface area is 259 Å². The van der Waals surface area contributed by atoms with Crippen molar-refractivity contribution in [2.75, 3.05) is 0 Å². The molecule has 0 saturated heterocycles. The van der Waals surface area contributed by atoms with Crippen LogP contribution < -0.4 is 0 Å². The molecule has 0 aliphatic rings. The minimum atomic E-state index is 0.373. The largest absolute Gasteiger partial charge is 0.278 e. The first kappa shape index (κ1) is 25.2. The van der Waals surface area contributed by atoms with Gasteiger partial charge in [-0.05, 0) is 86.3 Å². The van der Waals surface area contributed by atoms with Gasteiger partial charge in [-0.15, -0.1) is 0 Å². The lowest BCUT2D eigenvalue weighted by atomic mass is 9.95. The van der Waals surface area contributed by atoms with Gasteiger partial charge in [0.05, 0.1) is 16.6 Å². The summed E-state index contributed by atoms with van der Waals surface area (Å²) in [5.74, 6) is 0.498. The molecule has 4 nitrogen and oxygen atoms in total. The molecular formula is C41H24N4. The van der Waals surface area contributed by atoms with E-state index in [-0.39, 0.29) is 0 Å². The van der Waals surface area contributed by atoms with Gasteiger partial charge in [-0.3, -0.25) is 4.57 Å². The van der Waals surface area contributed by atoms with Crippen LogP contribution in [0.5, 0.6) is 0 Å². The quantitative estimate of drug-likeness (QED) is 0.212. The molecule has 0 bridgehead atoms. The summed E-state index contributed by atoms with van der Waals surface area (Å²) < 4.78 is 2.08. The highest BCUT2D eigenvalue weighted by Gasteiger charge is 2.18. The van der Waals surface area contributed by atoms with Crippen molar-refractivity contribution in [3.8, 4) is 34.3 Å². The average molecular weight is 573 g/mol. The predicted molar refractivity (Wildman–Crippen MR) is 184 cm³/mol. The normalized spacial score (nSPS) is 11.5. The van der Waals surface area contributed by atoms with Crippen molar-refractivity contribution in [3.05, 3.63) is 151 Å². The van der Waals surface area contributed by atoms with Crippen LogP contribution in [-0.2, 0) is 0 Å². The average Bonchev–Trinajstić information content (AvgIpc) is 3.45. The smallest absolute Gasteiger partial charge is 0.236 e. The number of nitrogens with zero attached hydrogens (tertiary/aromatic N) is 4. The summed E-state index contributed by atoms with van der Waals surface area (Å²) in [5, 5.41) is 17.8. The minimum Gasteiger partial charge on any atom is -0.278 e. The zero-order valence-corrected chi connectivity index (χ0v) is 24.1. The molecule has 0 spiro atoms. The fraction of sp³-hybridized carbons (Fsp3) is 0. The molecule has 2 heterocycles. The lowest BCUT2D eigenvalue weighted by molar-refractivity contribution is 1.00. The van der Waals surface area contributed by atoms with E-state index in [0.29, 0.717) is 11.6 Å². The third-order valence-corrected chi connectivity index (χ3v) is 8.83. The zero-order valence-electron chi connectivity index (χ0n) is 24.1. The summed E-state index contributed by atoms with van der Waals surface area (Å²) in [4.78, 5) is 9.65. The number of hydrogen-bond acceptors (Lipinski definition) is 3. The Morgan fingerprint density at radius 1 is 0.467 bits per heavy atom. The first-order valence-electron chi connectivity index (χ1n) is 15.0. The van der Waals surface area contributed by atoms with E-state index in [1.807, 2.05) is 30.3 Å². The number of hydrogen-bond donors (Lipinski definition) is 0. The van der Waals surface area contributed by atoms with E-state index in [0.717, 1.165) is 43.5 Å². The summed E-state index contributed by atoms with van der Waals surface area (Å²) in [6.07, 6.45) is 0. The molecule has 0 N–H and O–H groups in total. The van der Waals surface area contributed by atoms with E-state index in [4.69, 9.17) is 9.97 Å². The lowest BCUT2D eigenvalue weighted by Gasteiger charge is -2.10. The fourth-order valence-electron chi connectivity index (χ4n) is 6.69. The third-order valence-electron chi connectivity index (χ3n) is 8.83. The van der Waals surface area contributed by atoms with Crippen LogP contribution in [-0.4, -0.2) is 14.5 Å². The van der Waals surface area contributed by atoms with E-state index >= 15 is 0 Å². The molecule has 9 aromatic rings. The van der Waals surface area contributed by atoms with Crippen molar-refractivity contribution < 1.29 is 0 Å². The van der Waals surface area contributed by atoms with E-state index in [2.05, 4.69) is 126 Å². The minimum absolute atomic E-state index is 0.373. The Balaban J connectivity index is 1.21. The van der Waals surface area contributed by atoms with Gasteiger partial charge in [-0.1, -0.05) is 103 Å². The molecule has 0 aliphatic carbocycles. The van der Waals surface area contributed by atoms with Gasteiger partial charge in [-0.25, -0.2) is 9.97 Å². The van der Waals surface area contributed by atoms with Gasteiger partial charge in [0.1, 0.15) is 6.07 Å². The summed E-state index contributed by atoms with van der Waals surface area (Å²) in [6, 6.07) is 53.3. The molecule has 45 heavy (non-hydrogen) atoms. The van der Waals surface area contributed by atoms with E-state index in [1.165, 1.54) is 33.0 Å². The maximum atomic E-state index is 9.92. The van der Waals surface area contributed by atoms with Crippen molar-refractivity contribution in [2.24, 2.45) is 0 Å². The molecule has 0 unspecified atom stereocenters. The Bertz CT molecular complexity index is 2680. The maximum Gasteiger partial charge on any atom is 0.236 e. The number of para-hydroxylation sites is 2. The molecule has 208 valence electrons. The molecule has 0 saturated carbocycles. The monoisotopic (exact) mass is 572 g/mol. The van der Waals surface area contributed by atoms with E-state index in [1.54, 1.807) is 0 Å². The molecule has 0 amide bonds. The van der Waals surface area contributed by atoms with Crippen LogP contribution >= 0.6 is 0 Å². The van der Waals surface area contributed by atoms with Crippen molar-refractivity contribution in [3.63, 3.8) is 0 Å². The maximum absolute atomic E-state index is 9.92. The van der Waals surface area contributed by atoms with Gasteiger partial charge in [0.2, 0.25) is 5.95 Å². The van der Waals surface area contributed by atoms with Crippen LogP contribution in [0, 0.1) is 11.3 Å². The Morgan fingerprint density at radius 3 is 1.98 bits per heavy atom. The molecule has 0 atom stereocenters. The van der Waals surface area contributed by atoms with E-state index < -0.39 is 0 Å². The van der Waals surface area contributed by atoms with Crippen LogP contribution in [0.3, 0.4) is 0 Å². The second-order valence-corrected chi connectivity index (χ2v) is 11.4. The second-order valence-electron chi connectivity index (χ2n) is 11.4. The summed E-state index contributed by atoms with van der Waals surface area (Å²) in [7, 11) is 0. The standard InChI is InChI=1S/C41H24N4/c42-25-37-34-12-3-5-14-36(34)43-41(44-37)45-38-15-6-4-13-35(38)40-33-20-18-31(24-32(33)19-21-39(40)45)29-11-7-10-28(23-29)30-17-16-26-8-1-2-9-27(26)22-30/h1-24H. The number of aromatic nitrogens is 3. The van der Waals surface area contributed by atoms with Crippen molar-refractivity contribution >= 4 is 54.3 Å². The van der Waals surface area contributed by atoms with Gasteiger partial charge in [0.25, 0.3) is 0 Å². The Morgan fingerprint density at radius 2 is 1.13 bits per heavy atom. The number of benzene rings is 7. The summed E-state index contributed by atoms with van der Waals surface area (Å²) in [5.41, 5.74) is 7.90. The van der Waals surface area contributed by atoms with Crippen LogP contribution in [0.1, 0.15) is 5.69 Å². The molecule has 2 aromatic heterocycles. The van der Waals surface area contributed by atoms with Gasteiger partial charge in [0, 0.05) is 16.2 Å². The fourth-order valence-corrected chi connectivity index (χ4v) is 6.69. The first-order chi connectivity index (χ1) is 22.2. The third kappa shape index (κ3) is 3.99. The van der Waals surface area contributed by atoms with Gasteiger partial charge >= 0.3 is 0 Å². The van der Waals surface area contributed by atoms with Crippen LogP contribution in [0.2, 0.25) is 0 Å². The topological polar surface area (TPSA) is 54.5 Å². The molecule has 9 rings (SSSR count). The number of rotatable bonds is 3. The highest BCUT2D eigenvalue weighted by molar-refractivity contribution is 6.21. The lowest BCUT2D eigenvalue weighted by Crippen LogP contribution is -2.03. The zero-order chi connectivity index (χ0) is 29.9. The second kappa shape index (κ2) is 9.87. The highest BCUT2D eigenvalue weighted by Crippen LogP contribution is 2.38. The SMILES string of the molecule is N#Cc1nc(-n2c3ccccc3c3c4ccc(-c5cccc(-c6ccc7ccccc7c6)c5)cc4ccc32)nc2ccccc12. The van der Waals surface area contributed by atoms with Gasteiger partial charge in [0.15, 0.2) is 5.69 Å². The van der Waals surface area contributed by atoms with Crippen LogP contribution in [0.15, 0.2) is 146 Å². The molecule has 0 fully saturated rings. The summed E-state index contributed by atoms with van der Waals surface area (Å²) >= 11 is 0. The van der Waals surface area contributed by atoms with Gasteiger partial charge < -0.3 is 0 Å². The Hall–Kier alpha value is -6.31. The summed E-state index contributed by atoms with van der Waals surface area (Å²) in [6.45, 7) is 0. The molecule has 0 aliphatic heterocycles. The van der Waals surface area contributed by atoms with Gasteiger partial charge in [-0.2, -0.15) is 5.26 Å². The Kier molecular flexibility index (Phi) is 5.53. The first-order valence-corrected chi connectivity index (χ1v) is 15.0. The molecular weight excluding hydrogens is 548 g/mol.